The van der Waals surface area contributed by atoms with Crippen LogP contribution in [0.2, 0.25) is 10.3 Å². The number of rotatable bonds is 1. The van der Waals surface area contributed by atoms with Crippen molar-refractivity contribution in [2.24, 2.45) is 0 Å². The number of hydrogen-bond donors (Lipinski definition) is 0. The molecule has 2 heterocycles. The van der Waals surface area contributed by atoms with Gasteiger partial charge < -0.3 is 4.74 Å². The summed E-state index contributed by atoms with van der Waals surface area (Å²) in [6.07, 6.45) is 0.863. The third kappa shape index (κ3) is 2.49. The Morgan fingerprint density at radius 2 is 1.85 bits per heavy atom. The van der Waals surface area contributed by atoms with Crippen LogP contribution >= 0.6 is 45.8 Å². The van der Waals surface area contributed by atoms with Crippen molar-refractivity contribution in [2.45, 2.75) is 25.9 Å². The van der Waals surface area contributed by atoms with Crippen LogP contribution < -0.4 is 4.74 Å². The van der Waals surface area contributed by atoms with Crippen molar-refractivity contribution < 1.29 is 4.74 Å². The second-order valence-corrected chi connectivity index (χ2v) is 7.07. The average molecular weight is 421 g/mol. The molecule has 1 aromatic heterocycles. The number of fused-ring (bicyclic) bond motifs is 1. The molecule has 0 bridgehead atoms. The smallest absolute Gasteiger partial charge is 0.166 e. The lowest BCUT2D eigenvalue weighted by atomic mass is 10.0. The Labute approximate surface area is 140 Å². The van der Waals surface area contributed by atoms with Gasteiger partial charge in [-0.3, -0.25) is 0 Å². The number of nitrogens with zero attached hydrogens (tertiary/aromatic N) is 2. The summed E-state index contributed by atoms with van der Waals surface area (Å²) in [5, 5.41) is 0.714. The van der Waals surface area contributed by atoms with Crippen molar-refractivity contribution in [2.75, 3.05) is 0 Å². The molecule has 20 heavy (non-hydrogen) atoms. The first kappa shape index (κ1) is 14.4. The zero-order valence-electron chi connectivity index (χ0n) is 10.9. The minimum Gasteiger partial charge on any atom is -0.486 e. The lowest BCUT2D eigenvalue weighted by Gasteiger charge is -2.18. The Bertz CT molecular complexity index is 681. The molecule has 104 valence electrons. The van der Waals surface area contributed by atoms with Crippen LogP contribution in [0.4, 0.5) is 0 Å². The molecule has 0 N–H and O–H groups in total. The molecular weight excluding hydrogens is 410 g/mol. The zero-order chi connectivity index (χ0) is 14.5. The second-order valence-electron chi connectivity index (χ2n) is 5.28. The number of benzene rings is 1. The van der Waals surface area contributed by atoms with Crippen LogP contribution in [-0.4, -0.2) is 15.6 Å². The molecule has 3 rings (SSSR count). The van der Waals surface area contributed by atoms with Crippen LogP contribution in [0.5, 0.6) is 5.75 Å². The van der Waals surface area contributed by atoms with Gasteiger partial charge in [0.2, 0.25) is 0 Å². The number of aromatic nitrogens is 2. The van der Waals surface area contributed by atoms with Crippen molar-refractivity contribution in [1.82, 2.24) is 9.97 Å². The van der Waals surface area contributed by atoms with Crippen LogP contribution in [0.25, 0.3) is 11.4 Å². The molecule has 3 nitrogen and oxygen atoms in total. The monoisotopic (exact) mass is 420 g/mol. The molecule has 0 fully saturated rings. The van der Waals surface area contributed by atoms with Gasteiger partial charge >= 0.3 is 0 Å². The fraction of sp³-hybridized carbons (Fsp3) is 0.286. The SMILES string of the molecule is CC1(C)Cc2cccc(-c3nc(Cl)c(I)c(Cl)n3)c2O1. The Morgan fingerprint density at radius 3 is 2.50 bits per heavy atom. The van der Waals surface area contributed by atoms with E-state index in [1.807, 2.05) is 34.7 Å². The highest BCUT2D eigenvalue weighted by Crippen LogP contribution is 2.41. The lowest BCUT2D eigenvalue weighted by molar-refractivity contribution is 0.139. The predicted octanol–water partition coefficient (Wildman–Crippen LogP) is 4.77. The van der Waals surface area contributed by atoms with Gasteiger partial charge in [0.1, 0.15) is 21.7 Å². The molecule has 2 aromatic rings. The molecule has 0 unspecified atom stereocenters. The number of hydrogen-bond acceptors (Lipinski definition) is 3. The van der Waals surface area contributed by atoms with Gasteiger partial charge in [-0.2, -0.15) is 0 Å². The maximum Gasteiger partial charge on any atom is 0.166 e. The summed E-state index contributed by atoms with van der Waals surface area (Å²) in [6.45, 7) is 4.12. The highest BCUT2D eigenvalue weighted by atomic mass is 127. The Morgan fingerprint density at radius 1 is 1.20 bits per heavy atom. The van der Waals surface area contributed by atoms with E-state index in [1.54, 1.807) is 0 Å². The van der Waals surface area contributed by atoms with E-state index in [0.717, 1.165) is 23.3 Å². The summed E-state index contributed by atoms with van der Waals surface area (Å²) < 4.78 is 6.68. The molecule has 0 aliphatic carbocycles. The van der Waals surface area contributed by atoms with Crippen LogP contribution in [0.15, 0.2) is 18.2 Å². The molecule has 1 aromatic carbocycles. The summed E-state index contributed by atoms with van der Waals surface area (Å²) >= 11 is 14.2. The largest absolute Gasteiger partial charge is 0.486 e. The fourth-order valence-electron chi connectivity index (χ4n) is 2.31. The maximum absolute atomic E-state index is 6.09. The number of ether oxygens (including phenoxy) is 1. The summed E-state index contributed by atoms with van der Waals surface area (Å²) in [5.74, 6) is 1.32. The lowest BCUT2D eigenvalue weighted by Crippen LogP contribution is -2.24. The summed E-state index contributed by atoms with van der Waals surface area (Å²) in [4.78, 5) is 8.62. The van der Waals surface area contributed by atoms with Crippen LogP contribution in [0.3, 0.4) is 0 Å². The predicted molar refractivity (Wildman–Crippen MR) is 88.6 cm³/mol. The van der Waals surface area contributed by atoms with E-state index < -0.39 is 0 Å². The van der Waals surface area contributed by atoms with E-state index in [2.05, 4.69) is 29.9 Å². The highest BCUT2D eigenvalue weighted by Gasteiger charge is 2.32. The van der Waals surface area contributed by atoms with Crippen LogP contribution in [-0.2, 0) is 6.42 Å². The summed E-state index contributed by atoms with van der Waals surface area (Å²) in [6, 6.07) is 5.96. The highest BCUT2D eigenvalue weighted by molar-refractivity contribution is 14.1. The van der Waals surface area contributed by atoms with Gasteiger partial charge in [0.25, 0.3) is 0 Å². The van der Waals surface area contributed by atoms with E-state index in [4.69, 9.17) is 27.9 Å². The average Bonchev–Trinajstić information content (AvgIpc) is 2.68. The van der Waals surface area contributed by atoms with Crippen LogP contribution in [0.1, 0.15) is 19.4 Å². The second kappa shape index (κ2) is 5.00. The maximum atomic E-state index is 6.09. The first-order valence-electron chi connectivity index (χ1n) is 6.07. The van der Waals surface area contributed by atoms with Crippen molar-refractivity contribution in [3.8, 4) is 17.1 Å². The van der Waals surface area contributed by atoms with Gasteiger partial charge in [-0.15, -0.1) is 0 Å². The summed E-state index contributed by atoms with van der Waals surface area (Å²) in [5.41, 5.74) is 1.77. The van der Waals surface area contributed by atoms with Gasteiger partial charge in [0.15, 0.2) is 5.82 Å². The normalized spacial score (nSPS) is 15.8. The molecule has 1 aliphatic rings. The first-order chi connectivity index (χ1) is 9.37. The molecule has 0 amide bonds. The molecule has 0 saturated carbocycles. The van der Waals surface area contributed by atoms with Gasteiger partial charge in [0.05, 0.1) is 9.13 Å². The quantitative estimate of drug-likeness (QED) is 0.492. The van der Waals surface area contributed by atoms with Gasteiger partial charge in [0, 0.05) is 6.42 Å². The Hall–Kier alpha value is -0.590. The third-order valence-corrected chi connectivity index (χ3v) is 5.31. The van der Waals surface area contributed by atoms with E-state index >= 15 is 0 Å². The summed E-state index contributed by atoms with van der Waals surface area (Å²) in [7, 11) is 0. The zero-order valence-corrected chi connectivity index (χ0v) is 14.5. The van der Waals surface area contributed by atoms with Gasteiger partial charge in [-0.05, 0) is 48.1 Å². The number of para-hydroxylation sites is 1. The Kier molecular flexibility index (Phi) is 3.59. The molecular formula is C14H11Cl2IN2O. The van der Waals surface area contributed by atoms with E-state index in [0.29, 0.717) is 19.7 Å². The topological polar surface area (TPSA) is 35.0 Å². The van der Waals surface area contributed by atoms with E-state index in [-0.39, 0.29) is 5.60 Å². The van der Waals surface area contributed by atoms with E-state index in [9.17, 15) is 0 Å². The molecule has 0 saturated heterocycles. The van der Waals surface area contributed by atoms with Crippen molar-refractivity contribution in [3.63, 3.8) is 0 Å². The third-order valence-electron chi connectivity index (χ3n) is 3.10. The molecule has 0 spiro atoms. The standard InChI is InChI=1S/C14H11Cl2IN2O/c1-14(2)6-7-4-3-5-8(10(7)20-14)13-18-11(15)9(17)12(16)19-13/h3-5H,6H2,1-2H3. The van der Waals surface area contributed by atoms with Crippen molar-refractivity contribution >= 4 is 45.8 Å². The molecule has 0 atom stereocenters. The van der Waals surface area contributed by atoms with Crippen LogP contribution in [0, 0.1) is 3.57 Å². The number of halogens is 3. The molecule has 6 heteroatoms. The molecule has 0 radical (unpaired) electrons. The minimum absolute atomic E-state index is 0.213. The van der Waals surface area contributed by atoms with Gasteiger partial charge in [-0.1, -0.05) is 35.3 Å². The molecule has 1 aliphatic heterocycles. The van der Waals surface area contributed by atoms with Crippen molar-refractivity contribution in [1.29, 1.82) is 0 Å². The fourth-order valence-corrected chi connectivity index (χ4v) is 2.94. The minimum atomic E-state index is -0.213. The van der Waals surface area contributed by atoms with E-state index in [1.165, 1.54) is 0 Å². The first-order valence-corrected chi connectivity index (χ1v) is 7.91. The van der Waals surface area contributed by atoms with Crippen molar-refractivity contribution in [3.05, 3.63) is 37.6 Å². The van der Waals surface area contributed by atoms with Gasteiger partial charge in [-0.25, -0.2) is 9.97 Å². The Balaban J connectivity index is 2.16.